The number of benzene rings is 1. The van der Waals surface area contributed by atoms with Crippen molar-refractivity contribution in [2.75, 3.05) is 13.7 Å². The Morgan fingerprint density at radius 1 is 1.23 bits per heavy atom. The summed E-state index contributed by atoms with van der Waals surface area (Å²) < 4.78 is 5.19. The van der Waals surface area contributed by atoms with Crippen molar-refractivity contribution >= 4 is 17.8 Å². The molecule has 0 aliphatic heterocycles. The van der Waals surface area contributed by atoms with Gasteiger partial charge in [0, 0.05) is 6.54 Å². The van der Waals surface area contributed by atoms with Gasteiger partial charge in [-0.1, -0.05) is 64.5 Å². The molecule has 2 amide bonds. The molecule has 2 atom stereocenters. The van der Waals surface area contributed by atoms with Crippen molar-refractivity contribution in [1.29, 1.82) is 5.41 Å². The number of rotatable bonds is 10. The van der Waals surface area contributed by atoms with Crippen LogP contribution >= 0.6 is 0 Å². The van der Waals surface area contributed by atoms with Gasteiger partial charge in [-0.25, -0.2) is 0 Å². The van der Waals surface area contributed by atoms with Crippen LogP contribution in [0.3, 0.4) is 0 Å². The quantitative estimate of drug-likeness (QED) is 0.337. The van der Waals surface area contributed by atoms with Crippen molar-refractivity contribution in [1.82, 2.24) is 16.0 Å². The second-order valence-electron chi connectivity index (χ2n) is 8.65. The molecular weight excluding hydrogens is 392 g/mol. The minimum atomic E-state index is -0.517. The average Bonchev–Trinajstić information content (AvgIpc) is 2.77. The van der Waals surface area contributed by atoms with Gasteiger partial charge in [0.2, 0.25) is 11.8 Å². The summed E-state index contributed by atoms with van der Waals surface area (Å²) in [6.45, 7) is 4.82. The molecule has 4 N–H and O–H groups in total. The molecule has 1 aromatic carbocycles. The molecular formula is C24H38N4O3. The number of ether oxygens (including phenoxy) is 1. The fourth-order valence-electron chi connectivity index (χ4n) is 3.89. The smallest absolute Gasteiger partial charge is 0.242 e. The van der Waals surface area contributed by atoms with Gasteiger partial charge in [-0.2, -0.15) is 0 Å². The molecule has 7 nitrogen and oxygen atoms in total. The molecule has 0 heterocycles. The van der Waals surface area contributed by atoms with E-state index in [1.54, 1.807) is 13.2 Å². The number of guanidine groups is 1. The lowest BCUT2D eigenvalue weighted by Crippen LogP contribution is -2.52. The van der Waals surface area contributed by atoms with Crippen LogP contribution in [0, 0.1) is 17.2 Å². The molecule has 0 radical (unpaired) electrons. The Labute approximate surface area is 186 Å². The third-order valence-electron chi connectivity index (χ3n) is 6.01. The van der Waals surface area contributed by atoms with Crippen LogP contribution in [0.15, 0.2) is 24.3 Å². The van der Waals surface area contributed by atoms with E-state index in [1.807, 2.05) is 18.2 Å². The highest BCUT2D eigenvalue weighted by atomic mass is 16.5. The molecule has 1 aromatic rings. The summed E-state index contributed by atoms with van der Waals surface area (Å²) in [7, 11) is 1.58. The van der Waals surface area contributed by atoms with Gasteiger partial charge in [0.25, 0.3) is 0 Å². The van der Waals surface area contributed by atoms with E-state index < -0.39 is 6.04 Å². The lowest BCUT2D eigenvalue weighted by atomic mass is 9.84. The maximum Gasteiger partial charge on any atom is 0.242 e. The maximum atomic E-state index is 12.8. The third kappa shape index (κ3) is 8.99. The van der Waals surface area contributed by atoms with Crippen LogP contribution in [0.2, 0.25) is 0 Å². The Morgan fingerprint density at radius 3 is 2.65 bits per heavy atom. The van der Waals surface area contributed by atoms with E-state index >= 15 is 0 Å². The summed E-state index contributed by atoms with van der Waals surface area (Å²) >= 11 is 0. The highest BCUT2D eigenvalue weighted by Gasteiger charge is 2.25. The lowest BCUT2D eigenvalue weighted by Gasteiger charge is -2.27. The Kier molecular flexibility index (Phi) is 10.3. The summed E-state index contributed by atoms with van der Waals surface area (Å²) in [5.74, 6) is 1.03. The second kappa shape index (κ2) is 13.0. The zero-order valence-electron chi connectivity index (χ0n) is 19.1. The second-order valence-corrected chi connectivity index (χ2v) is 8.65. The average molecular weight is 431 g/mol. The zero-order valence-corrected chi connectivity index (χ0v) is 19.1. The number of carbonyl (C=O) groups is 2. The number of hydrogen-bond donors (Lipinski definition) is 4. The number of hydrogen-bond acceptors (Lipinski definition) is 4. The fourth-order valence-corrected chi connectivity index (χ4v) is 3.89. The van der Waals surface area contributed by atoms with Crippen molar-refractivity contribution in [3.63, 3.8) is 0 Å². The van der Waals surface area contributed by atoms with Gasteiger partial charge in [-0.05, 0) is 36.0 Å². The summed E-state index contributed by atoms with van der Waals surface area (Å²) in [4.78, 5) is 25.2. The standard InChI is InChI=1S/C24H38N4O3/c1-4-17(2)16-26-23(30)21(14-18-9-6-5-7-10-18)27-24(25)28-22(29)15-19-11-8-12-20(13-19)31-3/h8,11-13,17-18,21H,4-7,9-10,14-16H2,1-3H3,(H,26,30)(H3,25,27,28,29)/t17?,21-/m1/s1. The van der Waals surface area contributed by atoms with Crippen molar-refractivity contribution < 1.29 is 14.3 Å². The predicted octanol–water partition coefficient (Wildman–Crippen LogP) is 3.38. The predicted molar refractivity (Wildman–Crippen MR) is 123 cm³/mol. The van der Waals surface area contributed by atoms with Gasteiger partial charge in [-0.3, -0.25) is 20.3 Å². The number of carbonyl (C=O) groups excluding carboxylic acids is 2. The van der Waals surface area contributed by atoms with Crippen molar-refractivity contribution in [3.8, 4) is 5.75 Å². The molecule has 1 aliphatic rings. The first-order chi connectivity index (χ1) is 14.9. The Morgan fingerprint density at radius 2 is 1.97 bits per heavy atom. The molecule has 7 heteroatoms. The molecule has 1 unspecified atom stereocenters. The molecule has 0 bridgehead atoms. The number of amides is 2. The van der Waals surface area contributed by atoms with E-state index in [1.165, 1.54) is 19.3 Å². The first kappa shape index (κ1) is 24.7. The van der Waals surface area contributed by atoms with E-state index in [0.717, 1.165) is 24.8 Å². The van der Waals surface area contributed by atoms with E-state index in [2.05, 4.69) is 29.8 Å². The van der Waals surface area contributed by atoms with Gasteiger partial charge < -0.3 is 15.4 Å². The SMILES string of the molecule is CCC(C)CNC(=O)[C@@H](CC1CCCCC1)NC(=N)NC(=O)Cc1cccc(OC)c1. The minimum absolute atomic E-state index is 0.0994. The van der Waals surface area contributed by atoms with Gasteiger partial charge in [-0.15, -0.1) is 0 Å². The molecule has 1 fully saturated rings. The normalized spacial score (nSPS) is 16.1. The summed E-state index contributed by atoms with van der Waals surface area (Å²) in [6.07, 6.45) is 7.69. The van der Waals surface area contributed by atoms with Crippen LogP contribution in [-0.2, 0) is 16.0 Å². The van der Waals surface area contributed by atoms with E-state index in [0.29, 0.717) is 30.6 Å². The summed E-state index contributed by atoms with van der Waals surface area (Å²) in [5, 5.41) is 16.8. The first-order valence-electron chi connectivity index (χ1n) is 11.5. The molecule has 0 saturated heterocycles. The van der Waals surface area contributed by atoms with E-state index in [9.17, 15) is 9.59 Å². The van der Waals surface area contributed by atoms with Crippen molar-refractivity contribution in [3.05, 3.63) is 29.8 Å². The molecule has 31 heavy (non-hydrogen) atoms. The van der Waals surface area contributed by atoms with Gasteiger partial charge in [0.15, 0.2) is 5.96 Å². The molecule has 0 spiro atoms. The van der Waals surface area contributed by atoms with Gasteiger partial charge in [0.05, 0.1) is 13.5 Å². The van der Waals surface area contributed by atoms with Crippen LogP contribution in [0.5, 0.6) is 5.75 Å². The monoisotopic (exact) mass is 430 g/mol. The van der Waals surface area contributed by atoms with Gasteiger partial charge in [0.1, 0.15) is 11.8 Å². The highest BCUT2D eigenvalue weighted by molar-refractivity contribution is 5.98. The first-order valence-corrected chi connectivity index (χ1v) is 11.5. The van der Waals surface area contributed by atoms with Crippen LogP contribution < -0.4 is 20.7 Å². The molecule has 172 valence electrons. The topological polar surface area (TPSA) is 103 Å². The van der Waals surface area contributed by atoms with E-state index in [-0.39, 0.29) is 24.2 Å². The number of nitrogens with one attached hydrogen (secondary N) is 4. The minimum Gasteiger partial charge on any atom is -0.497 e. The van der Waals surface area contributed by atoms with Crippen molar-refractivity contribution in [2.45, 2.75) is 71.3 Å². The zero-order chi connectivity index (χ0) is 22.6. The summed E-state index contributed by atoms with van der Waals surface area (Å²) in [6, 6.07) is 6.76. The van der Waals surface area contributed by atoms with Crippen molar-refractivity contribution in [2.24, 2.45) is 11.8 Å². The number of methoxy groups -OCH3 is 1. The van der Waals surface area contributed by atoms with E-state index in [4.69, 9.17) is 10.1 Å². The van der Waals surface area contributed by atoms with Crippen LogP contribution in [0.1, 0.15) is 64.4 Å². The van der Waals surface area contributed by atoms with Crippen LogP contribution in [0.4, 0.5) is 0 Å². The Bertz CT molecular complexity index is 731. The molecule has 2 rings (SSSR count). The third-order valence-corrected chi connectivity index (χ3v) is 6.01. The molecule has 0 aromatic heterocycles. The Balaban J connectivity index is 1.92. The van der Waals surface area contributed by atoms with Crippen LogP contribution in [0.25, 0.3) is 0 Å². The van der Waals surface area contributed by atoms with Gasteiger partial charge >= 0.3 is 0 Å². The maximum absolute atomic E-state index is 12.8. The summed E-state index contributed by atoms with van der Waals surface area (Å²) in [5.41, 5.74) is 0.801. The molecule has 1 saturated carbocycles. The van der Waals surface area contributed by atoms with Crippen LogP contribution in [-0.4, -0.2) is 37.5 Å². The Hall–Kier alpha value is -2.57. The molecule has 1 aliphatic carbocycles. The largest absolute Gasteiger partial charge is 0.497 e. The highest BCUT2D eigenvalue weighted by Crippen LogP contribution is 2.27. The lowest BCUT2D eigenvalue weighted by molar-refractivity contribution is -0.123. The fraction of sp³-hybridized carbons (Fsp3) is 0.625.